The minimum atomic E-state index is -2.95. The lowest BCUT2D eigenvalue weighted by Gasteiger charge is -2.21. The zero-order valence-corrected chi connectivity index (χ0v) is 15.5. The number of rotatable bonds is 9. The molecule has 2 aromatic rings. The Morgan fingerprint density at radius 2 is 1.78 bits per heavy atom. The fourth-order valence-electron chi connectivity index (χ4n) is 2.61. The quantitative estimate of drug-likeness (QED) is 0.699. The molecular weight excluding hydrogens is 354 g/mol. The first-order valence-electron chi connectivity index (χ1n) is 8.61. The molecule has 0 bridgehead atoms. The van der Waals surface area contributed by atoms with E-state index < -0.39 is 12.7 Å². The second kappa shape index (κ2) is 9.87. The first-order chi connectivity index (χ1) is 12.9. The fourth-order valence-corrected chi connectivity index (χ4v) is 2.61. The van der Waals surface area contributed by atoms with Crippen molar-refractivity contribution in [2.45, 2.75) is 39.1 Å². The highest BCUT2D eigenvalue weighted by atomic mass is 19.3. The maximum atomic E-state index is 12.6. The van der Waals surface area contributed by atoms with Crippen molar-refractivity contribution < 1.29 is 23.0 Å². The molecule has 0 aliphatic carbocycles. The molecule has 0 fully saturated rings. The second-order valence-electron chi connectivity index (χ2n) is 6.25. The molecular formula is C20H24F2N2O3. The summed E-state index contributed by atoms with van der Waals surface area (Å²) in [6.07, 6.45) is 0. The fraction of sp³-hybridized carbons (Fsp3) is 0.350. The van der Waals surface area contributed by atoms with Crippen molar-refractivity contribution >= 4 is 5.91 Å². The van der Waals surface area contributed by atoms with E-state index in [9.17, 15) is 13.6 Å². The minimum Gasteiger partial charge on any atom is -0.493 e. The number of halogens is 2. The number of benzene rings is 2. The number of carbonyl (C=O) groups excluding carboxylic acids is 1. The molecule has 2 rings (SSSR count). The van der Waals surface area contributed by atoms with E-state index >= 15 is 0 Å². The Hall–Kier alpha value is -2.67. The van der Waals surface area contributed by atoms with Crippen LogP contribution in [-0.2, 0) is 11.3 Å². The van der Waals surface area contributed by atoms with Gasteiger partial charge in [0, 0.05) is 12.6 Å². The molecule has 0 saturated carbocycles. The topological polar surface area (TPSA) is 59.6 Å². The van der Waals surface area contributed by atoms with Gasteiger partial charge in [-0.1, -0.05) is 36.4 Å². The Morgan fingerprint density at radius 1 is 1.07 bits per heavy atom. The van der Waals surface area contributed by atoms with Crippen LogP contribution in [0.3, 0.4) is 0 Å². The normalized spacial score (nSPS) is 12.1. The number of ether oxygens (including phenoxy) is 2. The first-order valence-corrected chi connectivity index (χ1v) is 8.61. The highest BCUT2D eigenvalue weighted by Gasteiger charge is 2.21. The van der Waals surface area contributed by atoms with E-state index in [0.717, 1.165) is 5.56 Å². The van der Waals surface area contributed by atoms with Crippen molar-refractivity contribution in [3.63, 3.8) is 0 Å². The van der Waals surface area contributed by atoms with E-state index in [1.807, 2.05) is 44.2 Å². The van der Waals surface area contributed by atoms with Gasteiger partial charge in [0.15, 0.2) is 11.5 Å². The molecule has 0 aliphatic heterocycles. The third kappa shape index (κ3) is 6.21. The molecule has 0 spiro atoms. The molecule has 1 amide bonds. The van der Waals surface area contributed by atoms with Gasteiger partial charge in [0.25, 0.3) is 0 Å². The Morgan fingerprint density at radius 3 is 2.37 bits per heavy atom. The van der Waals surface area contributed by atoms with E-state index in [1.54, 1.807) is 12.1 Å². The lowest BCUT2D eigenvalue weighted by Crippen LogP contribution is -2.40. The van der Waals surface area contributed by atoms with Gasteiger partial charge in [0.05, 0.1) is 7.11 Å². The van der Waals surface area contributed by atoms with Crippen LogP contribution < -0.4 is 20.1 Å². The SMILES string of the molecule is COc1ccc(CN[C@@H](C(=O)NC(C)C)c2ccccc2)cc1OC(F)F. The summed E-state index contributed by atoms with van der Waals surface area (Å²) in [5.41, 5.74) is 1.50. The standard InChI is InChI=1S/C20H24F2N2O3/c1-13(2)24-19(25)18(15-7-5-4-6-8-15)23-12-14-9-10-16(26-3)17(11-14)27-20(21)22/h4-11,13,18,20,23H,12H2,1-3H3,(H,24,25)/t18-/m1/s1. The number of hydrogen-bond acceptors (Lipinski definition) is 4. The summed E-state index contributed by atoms with van der Waals surface area (Å²) in [6.45, 7) is 1.11. The lowest BCUT2D eigenvalue weighted by atomic mass is 10.1. The van der Waals surface area contributed by atoms with Gasteiger partial charge in [-0.2, -0.15) is 8.78 Å². The van der Waals surface area contributed by atoms with Gasteiger partial charge in [-0.25, -0.2) is 0 Å². The van der Waals surface area contributed by atoms with Gasteiger partial charge in [-0.05, 0) is 37.1 Å². The van der Waals surface area contributed by atoms with Crippen LogP contribution in [0.4, 0.5) is 8.78 Å². The van der Waals surface area contributed by atoms with Crippen LogP contribution in [-0.4, -0.2) is 25.7 Å². The summed E-state index contributed by atoms with van der Waals surface area (Å²) >= 11 is 0. The zero-order chi connectivity index (χ0) is 19.8. The van der Waals surface area contributed by atoms with Gasteiger partial charge in [0.1, 0.15) is 6.04 Å². The molecule has 1 atom stereocenters. The van der Waals surface area contributed by atoms with Gasteiger partial charge in [0.2, 0.25) is 5.91 Å². The van der Waals surface area contributed by atoms with E-state index in [2.05, 4.69) is 15.4 Å². The predicted molar refractivity (Wildman–Crippen MR) is 98.9 cm³/mol. The third-order valence-electron chi connectivity index (χ3n) is 3.78. The van der Waals surface area contributed by atoms with Crippen molar-refractivity contribution in [2.75, 3.05) is 7.11 Å². The Kier molecular flexibility index (Phi) is 7.55. The number of methoxy groups -OCH3 is 1. The second-order valence-corrected chi connectivity index (χ2v) is 6.25. The van der Waals surface area contributed by atoms with Crippen LogP contribution in [0.25, 0.3) is 0 Å². The zero-order valence-electron chi connectivity index (χ0n) is 15.5. The van der Waals surface area contributed by atoms with Crippen LogP contribution in [0, 0.1) is 0 Å². The molecule has 0 aliphatic rings. The largest absolute Gasteiger partial charge is 0.493 e. The summed E-state index contributed by atoms with van der Waals surface area (Å²) in [6, 6.07) is 13.5. The number of nitrogens with one attached hydrogen (secondary N) is 2. The van der Waals surface area contributed by atoms with Gasteiger partial charge in [-0.3, -0.25) is 10.1 Å². The van der Waals surface area contributed by atoms with Crippen molar-refractivity contribution in [1.82, 2.24) is 10.6 Å². The molecule has 2 aromatic carbocycles. The molecule has 0 heterocycles. The Labute approximate surface area is 157 Å². The summed E-state index contributed by atoms with van der Waals surface area (Å²) in [5.74, 6) is 0.0136. The predicted octanol–water partition coefficient (Wildman–Crippen LogP) is 3.65. The van der Waals surface area contributed by atoms with Gasteiger partial charge in [-0.15, -0.1) is 0 Å². The number of alkyl halides is 2. The molecule has 0 radical (unpaired) electrons. The van der Waals surface area contributed by atoms with E-state index in [-0.39, 0.29) is 30.0 Å². The molecule has 0 saturated heterocycles. The molecule has 7 heteroatoms. The van der Waals surface area contributed by atoms with Gasteiger partial charge >= 0.3 is 6.61 Å². The van der Waals surface area contributed by atoms with Crippen LogP contribution in [0.5, 0.6) is 11.5 Å². The molecule has 5 nitrogen and oxygen atoms in total. The summed E-state index contributed by atoms with van der Waals surface area (Å²) < 4.78 is 34.7. The van der Waals surface area contributed by atoms with Crippen LogP contribution in [0.15, 0.2) is 48.5 Å². The maximum Gasteiger partial charge on any atom is 0.387 e. The monoisotopic (exact) mass is 378 g/mol. The van der Waals surface area contributed by atoms with Gasteiger partial charge < -0.3 is 14.8 Å². The summed E-state index contributed by atoms with van der Waals surface area (Å²) in [7, 11) is 1.38. The Balaban J connectivity index is 2.17. The van der Waals surface area contributed by atoms with E-state index in [0.29, 0.717) is 5.56 Å². The van der Waals surface area contributed by atoms with Crippen LogP contribution in [0.2, 0.25) is 0 Å². The number of amides is 1. The number of hydrogen-bond donors (Lipinski definition) is 2. The van der Waals surface area contributed by atoms with E-state index in [1.165, 1.54) is 13.2 Å². The highest BCUT2D eigenvalue weighted by Crippen LogP contribution is 2.29. The average Bonchev–Trinajstić information content (AvgIpc) is 2.62. The number of carbonyl (C=O) groups is 1. The summed E-state index contributed by atoms with van der Waals surface area (Å²) in [5, 5.41) is 6.07. The van der Waals surface area contributed by atoms with Crippen LogP contribution in [0.1, 0.15) is 31.0 Å². The highest BCUT2D eigenvalue weighted by molar-refractivity contribution is 5.83. The minimum absolute atomic E-state index is 0.00227. The lowest BCUT2D eigenvalue weighted by molar-refractivity contribution is -0.123. The molecule has 0 aromatic heterocycles. The van der Waals surface area contributed by atoms with Crippen molar-refractivity contribution in [1.29, 1.82) is 0 Å². The van der Waals surface area contributed by atoms with Crippen LogP contribution >= 0.6 is 0 Å². The maximum absolute atomic E-state index is 12.6. The smallest absolute Gasteiger partial charge is 0.387 e. The molecule has 2 N–H and O–H groups in total. The van der Waals surface area contributed by atoms with Crippen molar-refractivity contribution in [2.24, 2.45) is 0 Å². The molecule has 27 heavy (non-hydrogen) atoms. The summed E-state index contributed by atoms with van der Waals surface area (Å²) in [4.78, 5) is 12.6. The molecule has 0 unspecified atom stereocenters. The first kappa shape index (κ1) is 20.6. The third-order valence-corrected chi connectivity index (χ3v) is 3.78. The molecule has 146 valence electrons. The van der Waals surface area contributed by atoms with Crippen molar-refractivity contribution in [3.8, 4) is 11.5 Å². The average molecular weight is 378 g/mol. The van der Waals surface area contributed by atoms with E-state index in [4.69, 9.17) is 4.74 Å². The Bertz CT molecular complexity index is 739. The van der Waals surface area contributed by atoms with Crippen molar-refractivity contribution in [3.05, 3.63) is 59.7 Å².